The molecule has 0 fully saturated rings. The van der Waals surface area contributed by atoms with Crippen LogP contribution in [0.25, 0.3) is 0 Å². The van der Waals surface area contributed by atoms with Gasteiger partial charge < -0.3 is 14.7 Å². The SMILES string of the molecule is CCO[n+]1ccccc1CC(C)C.CCO[n+]1ccccc1CC(C)C.[O-]B([O-])OCCCC(c1ccccc1)(c1ccccc1)c1ccccc1. The summed E-state index contributed by atoms with van der Waals surface area (Å²) in [5, 5.41) is 21.4. The Morgan fingerprint density at radius 2 is 0.923 bits per heavy atom. The quantitative estimate of drug-likeness (QED) is 0.0565. The van der Waals surface area contributed by atoms with Crippen LogP contribution in [0.15, 0.2) is 140 Å². The molecule has 5 rings (SSSR count). The highest BCUT2D eigenvalue weighted by Crippen LogP contribution is 2.42. The number of rotatable bonds is 16. The molecule has 0 bridgehead atoms. The van der Waals surface area contributed by atoms with Crippen LogP contribution in [-0.4, -0.2) is 27.1 Å². The van der Waals surface area contributed by atoms with E-state index in [-0.39, 0.29) is 12.0 Å². The van der Waals surface area contributed by atoms with Crippen molar-refractivity contribution in [2.24, 2.45) is 11.8 Å². The minimum absolute atomic E-state index is 0.159. The number of pyridine rings is 2. The van der Waals surface area contributed by atoms with Crippen LogP contribution >= 0.6 is 0 Å². The summed E-state index contributed by atoms with van der Waals surface area (Å²) in [6.45, 7) is 14.4. The van der Waals surface area contributed by atoms with Gasteiger partial charge in [0, 0.05) is 58.6 Å². The molecule has 52 heavy (non-hydrogen) atoms. The zero-order chi connectivity index (χ0) is 37.6. The van der Waals surface area contributed by atoms with Gasteiger partial charge >= 0.3 is 0 Å². The minimum Gasteiger partial charge on any atom is -0.871 e. The van der Waals surface area contributed by atoms with Crippen LogP contribution in [0.1, 0.15) is 82.5 Å². The Labute approximate surface area is 312 Å². The largest absolute Gasteiger partial charge is 0.871 e. The average molecular weight is 705 g/mol. The molecule has 276 valence electrons. The first-order valence-electron chi connectivity index (χ1n) is 18.6. The first kappa shape index (κ1) is 41.9. The normalized spacial score (nSPS) is 10.9. The van der Waals surface area contributed by atoms with Crippen LogP contribution in [-0.2, 0) is 22.9 Å². The third-order valence-corrected chi connectivity index (χ3v) is 8.33. The van der Waals surface area contributed by atoms with E-state index in [1.165, 1.54) is 28.1 Å². The molecule has 7 nitrogen and oxygen atoms in total. The van der Waals surface area contributed by atoms with E-state index in [2.05, 4.69) is 76.2 Å². The van der Waals surface area contributed by atoms with E-state index in [0.717, 1.165) is 19.3 Å². The van der Waals surface area contributed by atoms with Crippen molar-refractivity contribution < 1.29 is 33.8 Å². The third-order valence-electron chi connectivity index (χ3n) is 8.33. The molecule has 0 aliphatic rings. The van der Waals surface area contributed by atoms with Crippen molar-refractivity contribution >= 4 is 7.32 Å². The molecule has 0 saturated carbocycles. The van der Waals surface area contributed by atoms with Crippen molar-refractivity contribution in [3.63, 3.8) is 0 Å². The second-order valence-electron chi connectivity index (χ2n) is 13.3. The monoisotopic (exact) mass is 704 g/mol. The van der Waals surface area contributed by atoms with Gasteiger partial charge in [0.1, 0.15) is 0 Å². The van der Waals surface area contributed by atoms with Crippen LogP contribution in [0, 0.1) is 11.8 Å². The molecule has 2 aromatic heterocycles. The van der Waals surface area contributed by atoms with Gasteiger partial charge in [0.2, 0.25) is 23.8 Å². The topological polar surface area (TPSA) is 81.6 Å². The summed E-state index contributed by atoms with van der Waals surface area (Å²) < 4.78 is 8.46. The van der Waals surface area contributed by atoms with Crippen LogP contribution in [0.2, 0.25) is 0 Å². The average Bonchev–Trinajstić information content (AvgIpc) is 3.15. The van der Waals surface area contributed by atoms with Crippen molar-refractivity contribution in [3.05, 3.63) is 168 Å². The molecule has 0 radical (unpaired) electrons. The predicted octanol–water partition coefficient (Wildman–Crippen LogP) is 5.77. The van der Waals surface area contributed by atoms with Crippen molar-refractivity contribution in [2.45, 2.75) is 72.6 Å². The van der Waals surface area contributed by atoms with E-state index in [1.54, 1.807) is 0 Å². The number of nitrogens with zero attached hydrogens (tertiary/aromatic N) is 2. The van der Waals surface area contributed by atoms with E-state index >= 15 is 0 Å². The maximum absolute atomic E-state index is 10.7. The molecule has 3 aromatic carbocycles. The highest BCUT2D eigenvalue weighted by molar-refractivity contribution is 6.28. The molecule has 0 saturated heterocycles. The van der Waals surface area contributed by atoms with Crippen molar-refractivity contribution in [2.75, 3.05) is 19.8 Å². The molecule has 0 atom stereocenters. The van der Waals surface area contributed by atoms with Crippen molar-refractivity contribution in [3.8, 4) is 0 Å². The summed E-state index contributed by atoms with van der Waals surface area (Å²) in [5.41, 5.74) is 5.64. The highest BCUT2D eigenvalue weighted by Gasteiger charge is 2.35. The Kier molecular flexibility index (Phi) is 18.7. The van der Waals surface area contributed by atoms with Gasteiger partial charge in [-0.15, -0.1) is 0 Å². The lowest BCUT2D eigenvalue weighted by Crippen LogP contribution is -2.48. The summed E-state index contributed by atoms with van der Waals surface area (Å²) in [5.74, 6) is 1.32. The van der Waals surface area contributed by atoms with Gasteiger partial charge in [-0.25, -0.2) is 0 Å². The molecular formula is C44H57BN2O5. The fourth-order valence-corrected chi connectivity index (χ4v) is 6.23. The number of aromatic nitrogens is 2. The first-order valence-corrected chi connectivity index (χ1v) is 18.6. The Balaban J connectivity index is 0.000000235. The maximum Gasteiger partial charge on any atom is 0.234 e. The first-order chi connectivity index (χ1) is 25.2. The zero-order valence-corrected chi connectivity index (χ0v) is 31.9. The van der Waals surface area contributed by atoms with Gasteiger partial charge in [0.25, 0.3) is 0 Å². The lowest BCUT2D eigenvalue weighted by molar-refractivity contribution is -0.896. The molecule has 0 aliphatic heterocycles. The predicted molar refractivity (Wildman–Crippen MR) is 205 cm³/mol. The Bertz CT molecular complexity index is 1500. The van der Waals surface area contributed by atoms with E-state index < -0.39 is 7.32 Å². The summed E-state index contributed by atoms with van der Waals surface area (Å²) >= 11 is 0. The van der Waals surface area contributed by atoms with Crippen molar-refractivity contribution in [1.29, 1.82) is 0 Å². The summed E-state index contributed by atoms with van der Waals surface area (Å²) in [4.78, 5) is 10.9. The molecule has 0 spiro atoms. The van der Waals surface area contributed by atoms with Gasteiger partial charge in [-0.2, -0.15) is 0 Å². The second-order valence-corrected chi connectivity index (χ2v) is 13.3. The van der Waals surface area contributed by atoms with Gasteiger partial charge in [0.05, 0.1) is 7.32 Å². The van der Waals surface area contributed by atoms with Crippen LogP contribution in [0.3, 0.4) is 0 Å². The van der Waals surface area contributed by atoms with E-state index in [1.807, 2.05) is 115 Å². The summed E-state index contributed by atoms with van der Waals surface area (Å²) in [6, 6.07) is 43.3. The second kappa shape index (κ2) is 23.1. The molecule has 2 heterocycles. The molecule has 0 N–H and O–H groups in total. The van der Waals surface area contributed by atoms with E-state index in [0.29, 0.717) is 31.5 Å². The highest BCUT2D eigenvalue weighted by atomic mass is 16.7. The lowest BCUT2D eigenvalue weighted by Gasteiger charge is -2.37. The zero-order valence-electron chi connectivity index (χ0n) is 31.9. The molecule has 0 aliphatic carbocycles. The fraction of sp³-hybridized carbons (Fsp3) is 0.364. The molecular weight excluding hydrogens is 647 g/mol. The fourth-order valence-electron chi connectivity index (χ4n) is 6.23. The third kappa shape index (κ3) is 13.6. The standard InChI is InChI=1S/C22H21BO3.2C11H18NO/c24-23(25)26-18-10-17-22(19-11-4-1-5-12-19,20-13-6-2-7-14-20)21-15-8-3-9-16-21;2*1-4-13-12-8-6-5-7-11(12)9-10(2)3/h1-9,11-16H,10,17-18H2;2*5-8,10H,4,9H2,1-3H3/q-2;2*+1. The Hall–Kier alpha value is -4.50. The molecule has 0 amide bonds. The lowest BCUT2D eigenvalue weighted by atomic mass is 9.67. The maximum atomic E-state index is 10.7. The van der Waals surface area contributed by atoms with Crippen LogP contribution in [0.5, 0.6) is 0 Å². The van der Waals surface area contributed by atoms with Gasteiger partial charge in [0.15, 0.2) is 13.2 Å². The number of hydrogen-bond acceptors (Lipinski definition) is 5. The van der Waals surface area contributed by atoms with Crippen LogP contribution in [0.4, 0.5) is 0 Å². The van der Waals surface area contributed by atoms with Crippen LogP contribution < -0.4 is 29.2 Å². The molecule has 8 heteroatoms. The van der Waals surface area contributed by atoms with Crippen molar-refractivity contribution in [1.82, 2.24) is 0 Å². The molecule has 0 unspecified atom stereocenters. The summed E-state index contributed by atoms with van der Waals surface area (Å²) in [6.07, 6.45) is 7.38. The summed E-state index contributed by atoms with van der Waals surface area (Å²) in [7, 11) is -2.23. The number of hydrogen-bond donors (Lipinski definition) is 0. The Morgan fingerprint density at radius 3 is 1.25 bits per heavy atom. The van der Waals surface area contributed by atoms with Gasteiger partial charge in [-0.3, -0.25) is 9.68 Å². The van der Waals surface area contributed by atoms with E-state index in [4.69, 9.17) is 14.3 Å². The van der Waals surface area contributed by atoms with Gasteiger partial charge in [-0.1, -0.05) is 119 Å². The molecule has 5 aromatic rings. The van der Waals surface area contributed by atoms with E-state index in [9.17, 15) is 10.0 Å². The number of benzene rings is 3. The van der Waals surface area contributed by atoms with Gasteiger partial charge in [-0.05, 0) is 67.3 Å². The Morgan fingerprint density at radius 1 is 0.558 bits per heavy atom. The minimum atomic E-state index is -2.23. The smallest absolute Gasteiger partial charge is 0.234 e.